The minimum absolute atomic E-state index is 0.310. The van der Waals surface area contributed by atoms with E-state index in [1.54, 1.807) is 6.26 Å². The van der Waals surface area contributed by atoms with E-state index in [4.69, 9.17) is 13.9 Å². The van der Waals surface area contributed by atoms with Crippen LogP contribution in [-0.4, -0.2) is 78.3 Å². The predicted octanol–water partition coefficient (Wildman–Crippen LogP) is 3.71. The molecule has 0 atom stereocenters. The van der Waals surface area contributed by atoms with Crippen LogP contribution in [0.2, 0.25) is 0 Å². The molecule has 0 aliphatic carbocycles. The molecule has 2 aliphatic heterocycles. The van der Waals surface area contributed by atoms with E-state index in [2.05, 4.69) is 31.2 Å². The molecule has 1 aromatic carbocycles. The second-order valence-corrected chi connectivity index (χ2v) is 9.35. The van der Waals surface area contributed by atoms with Crippen LogP contribution in [-0.2, 0) is 4.74 Å². The maximum atomic E-state index is 9.23. The van der Waals surface area contributed by atoms with Crippen LogP contribution in [0.25, 0.3) is 11.1 Å². The molecule has 2 saturated heterocycles. The molecule has 184 valence electrons. The molecule has 0 unspecified atom stereocenters. The van der Waals surface area contributed by atoms with Gasteiger partial charge in [-0.25, -0.2) is 4.98 Å². The average molecular weight is 477 g/mol. The lowest BCUT2D eigenvalue weighted by molar-refractivity contribution is 0.0322. The molecule has 2 aliphatic rings. The number of aryl methyl sites for hydroxylation is 2. The van der Waals surface area contributed by atoms with Gasteiger partial charge in [0, 0.05) is 51.4 Å². The molecule has 9 heteroatoms. The Bertz CT molecular complexity index is 1180. The lowest BCUT2D eigenvalue weighted by atomic mass is 10.1. The number of furan rings is 1. The fourth-order valence-electron chi connectivity index (χ4n) is 4.83. The monoisotopic (exact) mass is 476 g/mol. The molecule has 0 radical (unpaired) electrons. The Hall–Kier alpha value is -3.19. The summed E-state index contributed by atoms with van der Waals surface area (Å²) in [7, 11) is 0. The number of benzene rings is 1. The standard InChI is InChI=1S/C26H32N6O3/c1-18-15-20(17-27)16-19(2)23(18)35-25-24-22(5-12-34-24)29-26(30-25)28-21-3-6-31(7-4-21)8-9-32-10-13-33-14-11-32/h5,12,15-16,21H,3-4,6-11,13-14H2,1-2H3,(H,28,29,30). The minimum atomic E-state index is 0.310. The molecular weight excluding hydrogens is 444 g/mol. The van der Waals surface area contributed by atoms with Gasteiger partial charge in [-0.1, -0.05) is 0 Å². The third kappa shape index (κ3) is 5.56. The topological polar surface area (TPSA) is 99.7 Å². The summed E-state index contributed by atoms with van der Waals surface area (Å²) in [6.07, 6.45) is 3.68. The number of hydrogen-bond acceptors (Lipinski definition) is 9. The molecule has 0 bridgehead atoms. The first-order valence-corrected chi connectivity index (χ1v) is 12.3. The number of rotatable bonds is 7. The molecule has 0 amide bonds. The first-order valence-electron chi connectivity index (χ1n) is 12.3. The van der Waals surface area contributed by atoms with Gasteiger partial charge in [0.15, 0.2) is 0 Å². The first kappa shape index (κ1) is 23.5. The van der Waals surface area contributed by atoms with E-state index in [0.29, 0.717) is 40.3 Å². The Morgan fingerprint density at radius 1 is 1.06 bits per heavy atom. The van der Waals surface area contributed by atoms with Crippen LogP contribution in [0.15, 0.2) is 28.9 Å². The fourth-order valence-corrected chi connectivity index (χ4v) is 4.83. The van der Waals surface area contributed by atoms with Gasteiger partial charge >= 0.3 is 0 Å². The van der Waals surface area contributed by atoms with Crippen molar-refractivity contribution in [2.24, 2.45) is 0 Å². The Balaban J connectivity index is 1.24. The Morgan fingerprint density at radius 2 is 1.74 bits per heavy atom. The second-order valence-electron chi connectivity index (χ2n) is 9.35. The third-order valence-corrected chi connectivity index (χ3v) is 6.82. The zero-order valence-corrected chi connectivity index (χ0v) is 20.4. The van der Waals surface area contributed by atoms with Crippen molar-refractivity contribution in [3.63, 3.8) is 0 Å². The van der Waals surface area contributed by atoms with E-state index in [9.17, 15) is 5.26 Å². The maximum absolute atomic E-state index is 9.23. The Morgan fingerprint density at radius 3 is 2.43 bits per heavy atom. The lowest BCUT2D eigenvalue weighted by Gasteiger charge is -2.34. The molecule has 5 rings (SSSR count). The normalized spacial score (nSPS) is 18.0. The van der Waals surface area contributed by atoms with Crippen LogP contribution in [0.3, 0.4) is 0 Å². The molecule has 4 heterocycles. The van der Waals surface area contributed by atoms with E-state index < -0.39 is 0 Å². The van der Waals surface area contributed by atoms with Crippen molar-refractivity contribution in [3.8, 4) is 17.7 Å². The van der Waals surface area contributed by atoms with Crippen LogP contribution in [0, 0.1) is 25.2 Å². The lowest BCUT2D eigenvalue weighted by Crippen LogP contribution is -2.45. The quantitative estimate of drug-likeness (QED) is 0.547. The van der Waals surface area contributed by atoms with Crippen LogP contribution in [0.1, 0.15) is 29.5 Å². The molecule has 1 N–H and O–H groups in total. The zero-order valence-electron chi connectivity index (χ0n) is 20.4. The largest absolute Gasteiger partial charge is 0.457 e. The Kier molecular flexibility index (Phi) is 7.13. The summed E-state index contributed by atoms with van der Waals surface area (Å²) in [6.45, 7) is 12.0. The average Bonchev–Trinajstić information content (AvgIpc) is 3.35. The third-order valence-electron chi connectivity index (χ3n) is 6.82. The number of anilines is 1. The van der Waals surface area contributed by atoms with Crippen LogP contribution < -0.4 is 10.1 Å². The number of likely N-dealkylation sites (tertiary alicyclic amines) is 1. The maximum Gasteiger partial charge on any atom is 0.268 e. The van der Waals surface area contributed by atoms with E-state index in [1.165, 1.54) is 0 Å². The number of fused-ring (bicyclic) bond motifs is 1. The summed E-state index contributed by atoms with van der Waals surface area (Å²) in [6, 6.07) is 7.95. The van der Waals surface area contributed by atoms with Crippen LogP contribution in [0.5, 0.6) is 11.6 Å². The van der Waals surface area contributed by atoms with Crippen molar-refractivity contribution < 1.29 is 13.9 Å². The van der Waals surface area contributed by atoms with E-state index in [1.807, 2.05) is 32.0 Å². The SMILES string of the molecule is Cc1cc(C#N)cc(C)c1Oc1nc(NC2CCN(CCN3CCOCC3)CC2)nc2ccoc12. The number of morpholine rings is 1. The first-order chi connectivity index (χ1) is 17.1. The van der Waals surface area contributed by atoms with Gasteiger partial charge < -0.3 is 24.1 Å². The summed E-state index contributed by atoms with van der Waals surface area (Å²) in [5, 5.41) is 12.8. The van der Waals surface area contributed by atoms with Crippen LogP contribution in [0.4, 0.5) is 5.95 Å². The van der Waals surface area contributed by atoms with Gasteiger partial charge in [-0.3, -0.25) is 4.90 Å². The zero-order chi connectivity index (χ0) is 24.2. The predicted molar refractivity (Wildman–Crippen MR) is 133 cm³/mol. The van der Waals surface area contributed by atoms with Crippen molar-refractivity contribution in [1.29, 1.82) is 5.26 Å². The highest BCUT2D eigenvalue weighted by Crippen LogP contribution is 2.34. The van der Waals surface area contributed by atoms with Gasteiger partial charge in [0.05, 0.1) is 31.1 Å². The number of hydrogen-bond donors (Lipinski definition) is 1. The van der Waals surface area contributed by atoms with Gasteiger partial charge in [-0.2, -0.15) is 10.2 Å². The van der Waals surface area contributed by atoms with Crippen molar-refractivity contribution in [2.75, 3.05) is 57.8 Å². The summed E-state index contributed by atoms with van der Waals surface area (Å²) in [5.74, 6) is 1.60. The van der Waals surface area contributed by atoms with Gasteiger partial charge in [-0.05, 0) is 49.9 Å². The number of nitrogens with one attached hydrogen (secondary N) is 1. The van der Waals surface area contributed by atoms with E-state index in [0.717, 1.165) is 76.5 Å². The van der Waals surface area contributed by atoms with Crippen molar-refractivity contribution in [3.05, 3.63) is 41.2 Å². The molecule has 9 nitrogen and oxygen atoms in total. The summed E-state index contributed by atoms with van der Waals surface area (Å²) in [4.78, 5) is 14.3. The molecule has 2 aromatic heterocycles. The van der Waals surface area contributed by atoms with E-state index in [-0.39, 0.29) is 0 Å². The number of ether oxygens (including phenoxy) is 2. The van der Waals surface area contributed by atoms with Crippen molar-refractivity contribution in [2.45, 2.75) is 32.7 Å². The summed E-state index contributed by atoms with van der Waals surface area (Å²) in [5.41, 5.74) is 3.57. The summed E-state index contributed by atoms with van der Waals surface area (Å²) < 4.78 is 17.3. The smallest absolute Gasteiger partial charge is 0.268 e. The van der Waals surface area contributed by atoms with Crippen molar-refractivity contribution >= 4 is 17.0 Å². The highest BCUT2D eigenvalue weighted by Gasteiger charge is 2.22. The van der Waals surface area contributed by atoms with Gasteiger partial charge in [0.25, 0.3) is 5.88 Å². The molecule has 35 heavy (non-hydrogen) atoms. The number of nitriles is 1. The second kappa shape index (κ2) is 10.6. The van der Waals surface area contributed by atoms with Crippen molar-refractivity contribution in [1.82, 2.24) is 19.8 Å². The number of nitrogens with zero attached hydrogens (tertiary/aromatic N) is 5. The molecule has 3 aromatic rings. The summed E-state index contributed by atoms with van der Waals surface area (Å²) >= 11 is 0. The molecule has 0 saturated carbocycles. The van der Waals surface area contributed by atoms with Crippen LogP contribution >= 0.6 is 0 Å². The van der Waals surface area contributed by atoms with E-state index >= 15 is 0 Å². The Labute approximate surface area is 205 Å². The minimum Gasteiger partial charge on any atom is -0.457 e. The van der Waals surface area contributed by atoms with Gasteiger partial charge in [-0.15, -0.1) is 0 Å². The highest BCUT2D eigenvalue weighted by molar-refractivity contribution is 5.79. The fraction of sp³-hybridized carbons (Fsp3) is 0.500. The van der Waals surface area contributed by atoms with Gasteiger partial charge in [0.2, 0.25) is 11.5 Å². The number of piperidine rings is 1. The molecule has 0 spiro atoms. The highest BCUT2D eigenvalue weighted by atomic mass is 16.5. The van der Waals surface area contributed by atoms with Gasteiger partial charge in [0.1, 0.15) is 11.3 Å². The molecular formula is C26H32N6O3. The number of aromatic nitrogens is 2. The molecule has 2 fully saturated rings.